The number of rotatable bonds is 4. The highest BCUT2D eigenvalue weighted by Gasteiger charge is 2.24. The number of ether oxygens (including phenoxy) is 1. The summed E-state index contributed by atoms with van der Waals surface area (Å²) in [6.07, 6.45) is 3.47. The van der Waals surface area contributed by atoms with Gasteiger partial charge in [0.15, 0.2) is 5.82 Å². The van der Waals surface area contributed by atoms with Crippen LogP contribution in [0.5, 0.6) is 0 Å². The first kappa shape index (κ1) is 14.8. The van der Waals surface area contributed by atoms with E-state index >= 15 is 0 Å². The molecule has 20 heavy (non-hydrogen) atoms. The molecule has 1 aromatic heterocycles. The summed E-state index contributed by atoms with van der Waals surface area (Å²) in [5.74, 6) is 0.779. The minimum absolute atomic E-state index is 0.0740. The number of hydrogen-bond acceptors (Lipinski definition) is 4. The Kier molecular flexibility index (Phi) is 4.94. The van der Waals surface area contributed by atoms with Crippen LogP contribution in [0.2, 0.25) is 0 Å². The molecule has 2 amide bonds. The maximum Gasteiger partial charge on any atom is 0.317 e. The van der Waals surface area contributed by atoms with Crippen LogP contribution in [0.1, 0.15) is 38.6 Å². The van der Waals surface area contributed by atoms with Crippen molar-refractivity contribution in [2.45, 2.75) is 45.3 Å². The van der Waals surface area contributed by atoms with Gasteiger partial charge in [-0.1, -0.05) is 0 Å². The zero-order chi connectivity index (χ0) is 14.5. The van der Waals surface area contributed by atoms with Crippen molar-refractivity contribution < 1.29 is 9.53 Å². The molecule has 1 N–H and O–H groups in total. The second kappa shape index (κ2) is 6.69. The molecule has 2 rings (SSSR count). The standard InChI is InChI=1S/C13H23N5O2/c1-4-18-9-14-16-12(18)10(2)15-13(19)17(3)11-5-7-20-8-6-11/h9-11H,4-8H2,1-3H3,(H,15,19)/t10-/m1/s1. The second-order valence-electron chi connectivity index (χ2n) is 5.10. The molecule has 1 aromatic rings. The predicted molar refractivity (Wildman–Crippen MR) is 74.2 cm³/mol. The first-order valence-corrected chi connectivity index (χ1v) is 7.12. The number of aryl methyl sites for hydroxylation is 1. The molecular weight excluding hydrogens is 258 g/mol. The van der Waals surface area contributed by atoms with Crippen molar-refractivity contribution in [3.63, 3.8) is 0 Å². The Balaban J connectivity index is 1.93. The lowest BCUT2D eigenvalue weighted by Crippen LogP contribution is -2.46. The Labute approximate surface area is 119 Å². The van der Waals surface area contributed by atoms with E-state index in [0.29, 0.717) is 0 Å². The number of carbonyl (C=O) groups excluding carboxylic acids is 1. The van der Waals surface area contributed by atoms with Crippen LogP contribution in [-0.4, -0.2) is 52.0 Å². The zero-order valence-electron chi connectivity index (χ0n) is 12.4. The van der Waals surface area contributed by atoms with E-state index in [1.807, 2.05) is 25.5 Å². The van der Waals surface area contributed by atoms with Gasteiger partial charge in [0.05, 0.1) is 6.04 Å². The van der Waals surface area contributed by atoms with Crippen LogP contribution in [-0.2, 0) is 11.3 Å². The highest BCUT2D eigenvalue weighted by Crippen LogP contribution is 2.14. The number of urea groups is 1. The molecule has 1 aliphatic heterocycles. The minimum Gasteiger partial charge on any atom is -0.381 e. The molecule has 1 aliphatic rings. The molecule has 0 saturated carbocycles. The fourth-order valence-corrected chi connectivity index (χ4v) is 2.43. The van der Waals surface area contributed by atoms with Crippen LogP contribution >= 0.6 is 0 Å². The maximum atomic E-state index is 12.3. The molecule has 0 aliphatic carbocycles. The molecular formula is C13H23N5O2. The van der Waals surface area contributed by atoms with Gasteiger partial charge in [-0.25, -0.2) is 4.79 Å². The van der Waals surface area contributed by atoms with Crippen LogP contribution in [0.4, 0.5) is 4.79 Å². The van der Waals surface area contributed by atoms with Gasteiger partial charge in [-0.05, 0) is 26.7 Å². The molecule has 0 unspecified atom stereocenters. The second-order valence-corrected chi connectivity index (χ2v) is 5.10. The van der Waals surface area contributed by atoms with E-state index in [4.69, 9.17) is 4.74 Å². The summed E-state index contributed by atoms with van der Waals surface area (Å²) in [6.45, 7) is 6.18. The lowest BCUT2D eigenvalue weighted by Gasteiger charge is -2.32. The third-order valence-electron chi connectivity index (χ3n) is 3.77. The number of carbonyl (C=O) groups is 1. The number of hydrogen-bond donors (Lipinski definition) is 1. The molecule has 0 aromatic carbocycles. The minimum atomic E-state index is -0.160. The molecule has 1 atom stereocenters. The van der Waals surface area contributed by atoms with Gasteiger partial charge in [0, 0.05) is 32.8 Å². The molecule has 2 heterocycles. The Morgan fingerprint density at radius 3 is 2.95 bits per heavy atom. The monoisotopic (exact) mass is 281 g/mol. The first-order chi connectivity index (χ1) is 9.63. The predicted octanol–water partition coefficient (Wildman–Crippen LogP) is 1.18. The smallest absolute Gasteiger partial charge is 0.317 e. The van der Waals surface area contributed by atoms with Crippen LogP contribution in [0.25, 0.3) is 0 Å². The summed E-state index contributed by atoms with van der Waals surface area (Å²) in [5.41, 5.74) is 0. The van der Waals surface area contributed by atoms with E-state index < -0.39 is 0 Å². The van der Waals surface area contributed by atoms with E-state index in [1.54, 1.807) is 11.2 Å². The summed E-state index contributed by atoms with van der Waals surface area (Å²) in [6, 6.07) is 0.0160. The van der Waals surface area contributed by atoms with Gasteiger partial charge in [0.25, 0.3) is 0 Å². The van der Waals surface area contributed by atoms with Crippen molar-refractivity contribution in [2.24, 2.45) is 0 Å². The van der Waals surface area contributed by atoms with Gasteiger partial charge in [0.1, 0.15) is 6.33 Å². The van der Waals surface area contributed by atoms with Gasteiger partial charge in [-0.15, -0.1) is 10.2 Å². The molecule has 1 saturated heterocycles. The SMILES string of the molecule is CCn1cnnc1[C@@H](C)NC(=O)N(C)C1CCOCC1. The van der Waals surface area contributed by atoms with Crippen molar-refractivity contribution in [3.8, 4) is 0 Å². The number of aromatic nitrogens is 3. The van der Waals surface area contributed by atoms with Gasteiger partial charge in [-0.2, -0.15) is 0 Å². The first-order valence-electron chi connectivity index (χ1n) is 7.12. The molecule has 0 spiro atoms. The molecule has 112 valence electrons. The quantitative estimate of drug-likeness (QED) is 0.899. The lowest BCUT2D eigenvalue weighted by molar-refractivity contribution is 0.0522. The fourth-order valence-electron chi connectivity index (χ4n) is 2.43. The average molecular weight is 281 g/mol. The fraction of sp³-hybridized carbons (Fsp3) is 0.769. The Morgan fingerprint density at radius 2 is 2.30 bits per heavy atom. The van der Waals surface area contributed by atoms with Crippen molar-refractivity contribution in [1.82, 2.24) is 25.0 Å². The van der Waals surface area contributed by atoms with Crippen LogP contribution in [0.3, 0.4) is 0 Å². The van der Waals surface area contributed by atoms with E-state index in [-0.39, 0.29) is 18.1 Å². The molecule has 1 fully saturated rings. The summed E-state index contributed by atoms with van der Waals surface area (Å²) >= 11 is 0. The van der Waals surface area contributed by atoms with Crippen LogP contribution < -0.4 is 5.32 Å². The van der Waals surface area contributed by atoms with Crippen LogP contribution in [0.15, 0.2) is 6.33 Å². The van der Waals surface area contributed by atoms with Crippen molar-refractivity contribution in [3.05, 3.63) is 12.2 Å². The molecule has 7 nitrogen and oxygen atoms in total. The van der Waals surface area contributed by atoms with E-state index in [1.165, 1.54) is 0 Å². The van der Waals surface area contributed by atoms with Gasteiger partial charge in [-0.3, -0.25) is 0 Å². The lowest BCUT2D eigenvalue weighted by atomic mass is 10.1. The largest absolute Gasteiger partial charge is 0.381 e. The molecule has 7 heteroatoms. The van der Waals surface area contributed by atoms with Gasteiger partial charge >= 0.3 is 6.03 Å². The third-order valence-corrected chi connectivity index (χ3v) is 3.77. The third kappa shape index (κ3) is 3.27. The highest BCUT2D eigenvalue weighted by molar-refractivity contribution is 5.74. The van der Waals surface area contributed by atoms with Crippen molar-refractivity contribution in [1.29, 1.82) is 0 Å². The highest BCUT2D eigenvalue weighted by atomic mass is 16.5. The van der Waals surface area contributed by atoms with E-state index in [2.05, 4.69) is 15.5 Å². The summed E-state index contributed by atoms with van der Waals surface area (Å²) in [4.78, 5) is 14.0. The van der Waals surface area contributed by atoms with Gasteiger partial charge < -0.3 is 19.5 Å². The summed E-state index contributed by atoms with van der Waals surface area (Å²) in [7, 11) is 1.84. The Bertz CT molecular complexity index is 442. The summed E-state index contributed by atoms with van der Waals surface area (Å²) < 4.78 is 7.25. The van der Waals surface area contributed by atoms with Crippen molar-refractivity contribution in [2.75, 3.05) is 20.3 Å². The van der Waals surface area contributed by atoms with Crippen molar-refractivity contribution >= 4 is 6.03 Å². The van der Waals surface area contributed by atoms with E-state index in [9.17, 15) is 4.79 Å². The number of amides is 2. The number of nitrogens with one attached hydrogen (secondary N) is 1. The number of nitrogens with zero attached hydrogens (tertiary/aromatic N) is 4. The Hall–Kier alpha value is -1.63. The maximum absolute atomic E-state index is 12.3. The summed E-state index contributed by atoms with van der Waals surface area (Å²) in [5, 5.41) is 10.9. The Morgan fingerprint density at radius 1 is 1.60 bits per heavy atom. The molecule has 0 radical (unpaired) electrons. The zero-order valence-corrected chi connectivity index (χ0v) is 12.4. The van der Waals surface area contributed by atoms with Crippen LogP contribution in [0, 0.1) is 0 Å². The normalized spacial score (nSPS) is 17.8. The molecule has 0 bridgehead atoms. The van der Waals surface area contributed by atoms with E-state index in [0.717, 1.165) is 38.4 Å². The van der Waals surface area contributed by atoms with Gasteiger partial charge in [0.2, 0.25) is 0 Å². The topological polar surface area (TPSA) is 72.3 Å². The average Bonchev–Trinajstić information content (AvgIpc) is 2.95.